The van der Waals surface area contributed by atoms with Crippen LogP contribution in [0.25, 0.3) is 21.5 Å². The van der Waals surface area contributed by atoms with Gasteiger partial charge in [-0.15, -0.1) is 69.1 Å². The van der Waals surface area contributed by atoms with E-state index in [0.29, 0.717) is 0 Å². The second-order valence-electron chi connectivity index (χ2n) is 8.87. The summed E-state index contributed by atoms with van der Waals surface area (Å²) < 4.78 is 0. The summed E-state index contributed by atoms with van der Waals surface area (Å²) in [6, 6.07) is 21.3. The Balaban J connectivity index is 0.000000124. The van der Waals surface area contributed by atoms with Crippen molar-refractivity contribution in [1.29, 1.82) is 0 Å². The van der Waals surface area contributed by atoms with Gasteiger partial charge in [0.05, 0.1) is 0 Å². The zero-order valence-corrected chi connectivity index (χ0v) is 24.8. The van der Waals surface area contributed by atoms with E-state index < -0.39 is 18.0 Å². The van der Waals surface area contributed by atoms with Crippen LogP contribution in [0.5, 0.6) is 0 Å². The predicted molar refractivity (Wildman–Crippen MR) is 142 cm³/mol. The molecule has 32 heavy (non-hydrogen) atoms. The molecule has 2 aliphatic rings. The summed E-state index contributed by atoms with van der Waals surface area (Å²) in [5.41, 5.74) is 2.73. The van der Waals surface area contributed by atoms with E-state index in [4.69, 9.17) is 40.2 Å². The van der Waals surface area contributed by atoms with Gasteiger partial charge in [-0.1, -0.05) is 35.3 Å². The topological polar surface area (TPSA) is 0 Å². The third kappa shape index (κ3) is 6.53. The summed E-state index contributed by atoms with van der Waals surface area (Å²) in [5, 5.41) is 6.76. The van der Waals surface area contributed by atoms with E-state index in [-0.39, 0.29) is 5.43 Å². The Labute approximate surface area is 215 Å². The summed E-state index contributed by atoms with van der Waals surface area (Å²) in [4.78, 5) is 0. The van der Waals surface area contributed by atoms with Gasteiger partial charge in [0.1, 0.15) is 0 Å². The minimum atomic E-state index is -1.65. The van der Waals surface area contributed by atoms with Crippen LogP contribution in [0.1, 0.15) is 48.6 Å². The molecule has 0 unspecified atom stereocenters. The van der Waals surface area contributed by atoms with Gasteiger partial charge in [0.2, 0.25) is 0 Å². The van der Waals surface area contributed by atoms with E-state index in [1.807, 2.05) is 24.3 Å². The third-order valence-corrected chi connectivity index (χ3v) is 26.3. The number of hydrogen-bond donors (Lipinski definition) is 0. The quantitative estimate of drug-likeness (QED) is 0.159. The van der Waals surface area contributed by atoms with Crippen molar-refractivity contribution in [1.82, 2.24) is 0 Å². The molecule has 6 rings (SSSR count). The number of benzene rings is 2. The minimum Gasteiger partial charge on any atom is -0.163 e. The first kappa shape index (κ1) is 25.0. The molecule has 0 spiro atoms. The predicted octanol–water partition coefficient (Wildman–Crippen LogP) is 10.3. The molecule has 0 radical (unpaired) electrons. The molecule has 0 amide bonds. The fraction of sp³-hybridized carbons (Fsp3) is 0.308. The van der Waals surface area contributed by atoms with Gasteiger partial charge in [-0.05, 0) is 47.6 Å². The second-order valence-corrected chi connectivity index (χ2v) is 32.7. The standard InChI is InChI=1S/2C12H10Cl.C2H6Si.2ClH.Zr/c2*13-12-3-1-2-9-6-10(7-11(9)12)8-4-5-8;1-3-2;;;/h2*1-3,6-8H,4-5H2;1-2H3;2*1H;/q2*-1;;;;+2/p-2. The number of halogens is 4. The summed E-state index contributed by atoms with van der Waals surface area (Å²) in [6.07, 6.45) is 5.42. The van der Waals surface area contributed by atoms with Crippen LogP contribution in [0.15, 0.2) is 60.7 Å². The average Bonchev–Trinajstić information content (AvgIpc) is 3.69. The third-order valence-electron chi connectivity index (χ3n) is 5.92. The molecular weight excluding hydrogens is 573 g/mol. The van der Waals surface area contributed by atoms with Gasteiger partial charge in [-0.2, -0.15) is 12.1 Å². The molecule has 0 atom stereocenters. The van der Waals surface area contributed by atoms with Crippen LogP contribution in [-0.2, 0) is 18.0 Å². The van der Waals surface area contributed by atoms with Gasteiger partial charge in [-0.3, -0.25) is 0 Å². The number of fused-ring (bicyclic) bond motifs is 2. The Morgan fingerprint density at radius 2 is 1.12 bits per heavy atom. The maximum absolute atomic E-state index is 6.10. The summed E-state index contributed by atoms with van der Waals surface area (Å²) in [5.74, 6) is 1.65. The van der Waals surface area contributed by atoms with E-state index in [1.165, 1.54) is 58.4 Å². The van der Waals surface area contributed by atoms with Crippen molar-refractivity contribution in [2.24, 2.45) is 0 Å². The molecule has 4 aromatic rings. The maximum Gasteiger partial charge on any atom is -0.00300 e. The van der Waals surface area contributed by atoms with E-state index in [2.05, 4.69) is 49.5 Å². The van der Waals surface area contributed by atoms with Crippen LogP contribution < -0.4 is 0 Å². The summed E-state index contributed by atoms with van der Waals surface area (Å²) in [7, 11) is 11.2. The van der Waals surface area contributed by atoms with Crippen molar-refractivity contribution in [3.05, 3.63) is 81.8 Å². The molecule has 0 bridgehead atoms. The van der Waals surface area contributed by atoms with Crippen molar-refractivity contribution < 1.29 is 18.0 Å². The largest absolute Gasteiger partial charge is 0.163 e. The SMILES string of the molecule is C[Si](C)=[Zr]([Cl])[Cl].Clc1cccc2[cH-]c(C3CC3)cc12.Clc1cccc2[cH-]c(C3CC3)cc12. The number of hydrogen-bond acceptors (Lipinski definition) is 0. The normalized spacial score (nSPS) is 15.1. The van der Waals surface area contributed by atoms with Crippen LogP contribution >= 0.6 is 40.2 Å². The Kier molecular flexibility index (Phi) is 8.69. The van der Waals surface area contributed by atoms with Crippen molar-refractivity contribution in [3.8, 4) is 0 Å². The molecule has 0 N–H and O–H groups in total. The Hall–Kier alpha value is -0.0800. The maximum atomic E-state index is 6.10. The second kappa shape index (κ2) is 11.1. The van der Waals surface area contributed by atoms with Crippen molar-refractivity contribution in [2.45, 2.75) is 50.6 Å². The molecule has 2 saturated carbocycles. The minimum absolute atomic E-state index is 0.224. The first-order valence-corrected chi connectivity index (χ1v) is 24.3. The van der Waals surface area contributed by atoms with Gasteiger partial charge < -0.3 is 0 Å². The monoisotopic (exact) mass is 596 g/mol. The van der Waals surface area contributed by atoms with Gasteiger partial charge in [-0.25, -0.2) is 0 Å². The van der Waals surface area contributed by atoms with Crippen molar-refractivity contribution in [2.75, 3.05) is 0 Å². The van der Waals surface area contributed by atoms with Crippen LogP contribution in [0.2, 0.25) is 23.1 Å². The first-order chi connectivity index (χ1) is 15.3. The van der Waals surface area contributed by atoms with Gasteiger partial charge >= 0.3 is 53.5 Å². The Bertz CT molecular complexity index is 1160. The molecule has 0 saturated heterocycles. The van der Waals surface area contributed by atoms with Gasteiger partial charge in [0.25, 0.3) is 0 Å². The zero-order valence-electron chi connectivity index (χ0n) is 18.3. The van der Waals surface area contributed by atoms with E-state index >= 15 is 0 Å². The van der Waals surface area contributed by atoms with Crippen molar-refractivity contribution in [3.63, 3.8) is 0 Å². The van der Waals surface area contributed by atoms with Crippen LogP contribution in [0.4, 0.5) is 0 Å². The van der Waals surface area contributed by atoms with Gasteiger partial charge in [0.15, 0.2) is 0 Å². The molecule has 168 valence electrons. The molecule has 0 aliphatic heterocycles. The van der Waals surface area contributed by atoms with Crippen LogP contribution in [0, 0.1) is 0 Å². The first-order valence-electron chi connectivity index (χ1n) is 11.0. The van der Waals surface area contributed by atoms with Crippen molar-refractivity contribution >= 4 is 67.2 Å². The molecule has 6 heteroatoms. The fourth-order valence-electron chi connectivity index (χ4n) is 3.74. The van der Waals surface area contributed by atoms with E-state index in [9.17, 15) is 0 Å². The van der Waals surface area contributed by atoms with Crippen LogP contribution in [0.3, 0.4) is 0 Å². The molecule has 2 fully saturated rings. The average molecular weight is 600 g/mol. The Morgan fingerprint density at radius 3 is 1.41 bits per heavy atom. The van der Waals surface area contributed by atoms with E-state index in [0.717, 1.165) is 21.9 Å². The smallest absolute Gasteiger partial charge is 0.00300 e. The molecule has 2 aliphatic carbocycles. The van der Waals surface area contributed by atoms with Gasteiger partial charge in [0, 0.05) is 0 Å². The zero-order chi connectivity index (χ0) is 22.8. The molecular formula is C26H26Cl4SiZr-2. The Morgan fingerprint density at radius 1 is 0.750 bits per heavy atom. The van der Waals surface area contributed by atoms with Crippen LogP contribution in [-0.4, -0.2) is 5.43 Å². The molecule has 0 heterocycles. The molecule has 4 aromatic carbocycles. The molecule has 0 aromatic heterocycles. The summed E-state index contributed by atoms with van der Waals surface area (Å²) >= 11 is 10.5. The number of rotatable bonds is 2. The molecule has 0 nitrogen and oxygen atoms in total. The summed E-state index contributed by atoms with van der Waals surface area (Å²) in [6.45, 7) is 4.33. The van der Waals surface area contributed by atoms with E-state index in [1.54, 1.807) is 0 Å². The fourth-order valence-corrected chi connectivity index (χ4v) is 4.22.